The average Bonchev–Trinajstić information content (AvgIpc) is 3.69. The molecule has 1 heterocycles. The Hall–Kier alpha value is -7.88. The van der Waals surface area contributed by atoms with E-state index in [0.717, 1.165) is 41.0 Å². The molecule has 0 radical (unpaired) electrons. The van der Waals surface area contributed by atoms with Crippen LogP contribution in [0.15, 0.2) is 220 Å². The van der Waals surface area contributed by atoms with Gasteiger partial charge in [-0.15, -0.1) is 0 Å². The Morgan fingerprint density at radius 2 is 1.34 bits per heavy atom. The normalized spacial score (nSPS) is 13.7. The van der Waals surface area contributed by atoms with Crippen LogP contribution in [0.1, 0.15) is 41.2 Å². The van der Waals surface area contributed by atoms with Crippen LogP contribution in [0.4, 0.5) is 11.4 Å². The van der Waals surface area contributed by atoms with Crippen molar-refractivity contribution in [3.05, 3.63) is 247 Å². The Balaban J connectivity index is 0.000000170. The van der Waals surface area contributed by atoms with Crippen LogP contribution < -0.4 is 11.1 Å². The molecular formula is C61H53N3. The zero-order chi connectivity index (χ0) is 44.0. The maximum absolute atomic E-state index is 6.20. The summed E-state index contributed by atoms with van der Waals surface area (Å²) in [6, 6.07) is 56.4. The second kappa shape index (κ2) is 18.6. The average molecular weight is 828 g/mol. The number of nitrogens with two attached hydrogens (primary N) is 1. The number of aromatic nitrogens is 1. The van der Waals surface area contributed by atoms with E-state index in [1.54, 1.807) is 6.08 Å². The summed E-state index contributed by atoms with van der Waals surface area (Å²) in [7, 11) is 0. The number of para-hydroxylation sites is 1. The van der Waals surface area contributed by atoms with Gasteiger partial charge in [0.05, 0.1) is 16.7 Å². The zero-order valence-electron chi connectivity index (χ0n) is 36.6. The van der Waals surface area contributed by atoms with Crippen molar-refractivity contribution in [2.45, 2.75) is 26.7 Å². The van der Waals surface area contributed by atoms with Gasteiger partial charge in [-0.2, -0.15) is 0 Å². The van der Waals surface area contributed by atoms with E-state index in [0.29, 0.717) is 5.92 Å². The second-order valence-electron chi connectivity index (χ2n) is 16.6. The summed E-state index contributed by atoms with van der Waals surface area (Å²) in [6.45, 7) is 12.3. The fraction of sp³-hybridized carbons (Fsp3) is 0.0820. The highest BCUT2D eigenvalue weighted by atomic mass is 15.0. The van der Waals surface area contributed by atoms with Crippen molar-refractivity contribution in [3.8, 4) is 16.8 Å². The fourth-order valence-electron chi connectivity index (χ4n) is 9.18. The third-order valence-corrected chi connectivity index (χ3v) is 12.3. The summed E-state index contributed by atoms with van der Waals surface area (Å²) in [5.74, 6) is 0.538. The summed E-state index contributed by atoms with van der Waals surface area (Å²) in [4.78, 5) is 0. The van der Waals surface area contributed by atoms with Crippen molar-refractivity contribution in [1.29, 1.82) is 0 Å². The van der Waals surface area contributed by atoms with E-state index >= 15 is 0 Å². The van der Waals surface area contributed by atoms with Gasteiger partial charge in [-0.25, -0.2) is 0 Å². The number of nitrogens with zero attached hydrogens (tertiary/aromatic N) is 1. The Kier molecular flexibility index (Phi) is 12.1. The highest BCUT2D eigenvalue weighted by Gasteiger charge is 2.22. The van der Waals surface area contributed by atoms with E-state index in [1.165, 1.54) is 76.8 Å². The van der Waals surface area contributed by atoms with Gasteiger partial charge < -0.3 is 15.6 Å². The Morgan fingerprint density at radius 1 is 0.656 bits per heavy atom. The lowest BCUT2D eigenvalue weighted by Gasteiger charge is -2.20. The van der Waals surface area contributed by atoms with Gasteiger partial charge >= 0.3 is 0 Å². The van der Waals surface area contributed by atoms with Crippen LogP contribution in [0.25, 0.3) is 71.8 Å². The molecule has 0 saturated heterocycles. The second-order valence-corrected chi connectivity index (χ2v) is 16.6. The third kappa shape index (κ3) is 8.24. The van der Waals surface area contributed by atoms with E-state index in [9.17, 15) is 0 Å². The van der Waals surface area contributed by atoms with Gasteiger partial charge in [0.2, 0.25) is 0 Å². The van der Waals surface area contributed by atoms with Gasteiger partial charge in [-0.05, 0) is 111 Å². The molecule has 3 heteroatoms. The summed E-state index contributed by atoms with van der Waals surface area (Å²) in [6.07, 6.45) is 20.2. The predicted octanol–water partition coefficient (Wildman–Crippen LogP) is 16.2. The van der Waals surface area contributed by atoms with E-state index in [-0.39, 0.29) is 0 Å². The molecule has 0 bridgehead atoms. The number of nitrogen functional groups attached to an aromatic ring is 1. The molecule has 0 amide bonds. The number of fused-ring (bicyclic) bond motifs is 8. The highest BCUT2D eigenvalue weighted by molar-refractivity contribution is 6.33. The van der Waals surface area contributed by atoms with E-state index < -0.39 is 0 Å². The number of hydrogen-bond acceptors (Lipinski definition) is 2. The van der Waals surface area contributed by atoms with Gasteiger partial charge in [-0.3, -0.25) is 0 Å². The molecule has 8 aromatic carbocycles. The molecule has 1 aliphatic carbocycles. The molecule has 1 aromatic heterocycles. The van der Waals surface area contributed by atoms with Crippen molar-refractivity contribution in [3.63, 3.8) is 0 Å². The molecule has 3 nitrogen and oxygen atoms in total. The summed E-state index contributed by atoms with van der Waals surface area (Å²) >= 11 is 0. The van der Waals surface area contributed by atoms with Gasteiger partial charge in [0.25, 0.3) is 0 Å². The van der Waals surface area contributed by atoms with Gasteiger partial charge in [0, 0.05) is 33.7 Å². The number of allylic oxidation sites excluding steroid dienone is 8. The van der Waals surface area contributed by atoms with Crippen LogP contribution >= 0.6 is 0 Å². The van der Waals surface area contributed by atoms with Gasteiger partial charge in [-0.1, -0.05) is 202 Å². The zero-order valence-corrected chi connectivity index (χ0v) is 36.6. The van der Waals surface area contributed by atoms with Crippen molar-refractivity contribution in [2.24, 2.45) is 5.92 Å². The molecule has 0 spiro atoms. The molecule has 1 unspecified atom stereocenters. The molecule has 64 heavy (non-hydrogen) atoms. The lowest BCUT2D eigenvalue weighted by Crippen LogP contribution is -2.02. The number of rotatable bonds is 10. The Morgan fingerprint density at radius 3 is 2.08 bits per heavy atom. The number of anilines is 2. The number of nitrogens with one attached hydrogen (secondary N) is 1. The van der Waals surface area contributed by atoms with Crippen LogP contribution in [0.2, 0.25) is 0 Å². The van der Waals surface area contributed by atoms with Crippen molar-refractivity contribution in [1.82, 2.24) is 4.57 Å². The first-order valence-electron chi connectivity index (χ1n) is 22.1. The molecule has 3 N–H and O–H groups in total. The number of aryl methyl sites for hydroxylation is 1. The quantitative estimate of drug-likeness (QED) is 0.0819. The standard InChI is InChI=1S/C35H28N2.C26H25N/c1-4-6-7-12-23-36-33-25(5-2)19-22-31-32-29-15-10-8-13-27(29)28-14-9-11-16-30(28)34(32)37(35(31)33)26-20-17-24(3)18-21-26;1-19-9-5-7-13-25(19)24-17-20(15-22-12-6-8-14-26(22)27)16-23(18-24)21-10-3-2-4-11-21/h4-23,36H,1-2H2,3H3;2-8,10-14,16-19H,9,15,27H2,1H3/b7-6-,23-12-;. The monoisotopic (exact) mass is 827 g/mol. The fourth-order valence-corrected chi connectivity index (χ4v) is 9.18. The molecule has 0 aliphatic heterocycles. The minimum Gasteiger partial charge on any atom is -0.398 e. The van der Waals surface area contributed by atoms with E-state index in [1.807, 2.05) is 42.6 Å². The SMILES string of the molecule is C=C/C=C\C=C/Nc1c(C=C)ccc2c3c4ccccc4c4ccccc4c3n(-c3ccc(C)cc3)c12.CC1CC=CC=C1c1cc(Cc2ccccc2N)cc(-c2ccccc2)c1. The Labute approximate surface area is 377 Å². The van der Waals surface area contributed by atoms with Gasteiger partial charge in [0.1, 0.15) is 0 Å². The summed E-state index contributed by atoms with van der Waals surface area (Å²) < 4.78 is 2.42. The first-order chi connectivity index (χ1) is 31.4. The molecule has 312 valence electrons. The topological polar surface area (TPSA) is 43.0 Å². The first kappa shape index (κ1) is 41.5. The number of benzene rings is 8. The Bertz CT molecular complexity index is 3300. The highest BCUT2D eigenvalue weighted by Crippen LogP contribution is 2.45. The number of hydrogen-bond donors (Lipinski definition) is 2. The molecule has 1 atom stereocenters. The van der Waals surface area contributed by atoms with Crippen LogP contribution in [0.3, 0.4) is 0 Å². The van der Waals surface area contributed by atoms with Gasteiger partial charge in [0.15, 0.2) is 0 Å². The molecule has 0 saturated carbocycles. The lowest BCUT2D eigenvalue weighted by atomic mass is 9.85. The van der Waals surface area contributed by atoms with Crippen molar-refractivity contribution in [2.75, 3.05) is 11.1 Å². The van der Waals surface area contributed by atoms with E-state index in [4.69, 9.17) is 5.73 Å². The molecule has 10 rings (SSSR count). The van der Waals surface area contributed by atoms with Crippen LogP contribution in [-0.2, 0) is 6.42 Å². The van der Waals surface area contributed by atoms with Crippen LogP contribution in [-0.4, -0.2) is 4.57 Å². The predicted molar refractivity (Wildman–Crippen MR) is 279 cm³/mol. The van der Waals surface area contributed by atoms with Crippen LogP contribution in [0.5, 0.6) is 0 Å². The minimum atomic E-state index is 0.538. The van der Waals surface area contributed by atoms with Crippen molar-refractivity contribution >= 4 is 66.4 Å². The molecule has 0 fully saturated rings. The first-order valence-corrected chi connectivity index (χ1v) is 22.1. The van der Waals surface area contributed by atoms with Crippen molar-refractivity contribution < 1.29 is 0 Å². The van der Waals surface area contributed by atoms with E-state index in [2.05, 4.69) is 201 Å². The maximum Gasteiger partial charge on any atom is 0.0783 e. The largest absolute Gasteiger partial charge is 0.398 e. The third-order valence-electron chi connectivity index (χ3n) is 12.3. The molecular weight excluding hydrogens is 775 g/mol. The smallest absolute Gasteiger partial charge is 0.0783 e. The maximum atomic E-state index is 6.20. The minimum absolute atomic E-state index is 0.538. The lowest BCUT2D eigenvalue weighted by molar-refractivity contribution is 0.758. The van der Waals surface area contributed by atoms with Crippen LogP contribution in [0, 0.1) is 12.8 Å². The molecule has 1 aliphatic rings. The molecule has 9 aromatic rings. The summed E-state index contributed by atoms with van der Waals surface area (Å²) in [5.41, 5.74) is 21.6. The summed E-state index contributed by atoms with van der Waals surface area (Å²) in [5, 5.41) is 11.1.